The molecule has 18 heavy (non-hydrogen) atoms. The highest BCUT2D eigenvalue weighted by Crippen LogP contribution is 2.25. The quantitative estimate of drug-likeness (QED) is 0.926. The molecule has 1 aliphatic heterocycles. The van der Waals surface area contributed by atoms with Crippen LogP contribution in [0.15, 0.2) is 22.7 Å². The highest BCUT2D eigenvalue weighted by molar-refractivity contribution is 9.10. The van der Waals surface area contributed by atoms with Gasteiger partial charge in [0, 0.05) is 29.6 Å². The molecule has 0 spiro atoms. The normalized spacial score (nSPS) is 25.3. The summed E-state index contributed by atoms with van der Waals surface area (Å²) in [5, 5.41) is 0. The van der Waals surface area contributed by atoms with Gasteiger partial charge in [0.1, 0.15) is 0 Å². The molecular weight excluding hydrogens is 288 g/mol. The highest BCUT2D eigenvalue weighted by atomic mass is 79.9. The molecule has 0 aromatic heterocycles. The first-order valence-electron chi connectivity index (χ1n) is 6.82. The number of rotatable bonds is 3. The van der Waals surface area contributed by atoms with Gasteiger partial charge in [-0.2, -0.15) is 0 Å². The Hall–Kier alpha value is -0.380. The summed E-state index contributed by atoms with van der Waals surface area (Å²) in [6, 6.07) is 7.84. The van der Waals surface area contributed by atoms with Crippen LogP contribution in [0.3, 0.4) is 0 Å². The molecule has 0 aliphatic carbocycles. The van der Waals surface area contributed by atoms with E-state index in [1.165, 1.54) is 34.9 Å². The zero-order chi connectivity index (χ0) is 13.1. The maximum Gasteiger partial charge on any atom is 0.0240 e. The van der Waals surface area contributed by atoms with Gasteiger partial charge in [-0.25, -0.2) is 0 Å². The summed E-state index contributed by atoms with van der Waals surface area (Å²) in [7, 11) is 0. The number of halogens is 1. The van der Waals surface area contributed by atoms with Crippen molar-refractivity contribution in [2.45, 2.75) is 51.7 Å². The first kappa shape index (κ1) is 14.0. The number of piperidine rings is 1. The van der Waals surface area contributed by atoms with E-state index in [0.717, 1.165) is 13.1 Å². The molecule has 3 heteroatoms. The van der Waals surface area contributed by atoms with Gasteiger partial charge >= 0.3 is 0 Å². The second-order valence-corrected chi connectivity index (χ2v) is 6.28. The summed E-state index contributed by atoms with van der Waals surface area (Å²) in [5.74, 6) is 0. The monoisotopic (exact) mass is 310 g/mol. The fourth-order valence-corrected chi connectivity index (χ4v) is 3.14. The number of nitrogens with zero attached hydrogens (tertiary/aromatic N) is 1. The van der Waals surface area contributed by atoms with Crippen LogP contribution in [0.25, 0.3) is 0 Å². The number of nitrogens with two attached hydrogens (primary N) is 1. The SMILES string of the molecule is Cc1cc(CN2C(C)CCCC2CN)ccc1Br. The van der Waals surface area contributed by atoms with Crippen molar-refractivity contribution in [2.24, 2.45) is 5.73 Å². The number of likely N-dealkylation sites (tertiary alicyclic amines) is 1. The zero-order valence-corrected chi connectivity index (χ0v) is 12.9. The van der Waals surface area contributed by atoms with E-state index < -0.39 is 0 Å². The zero-order valence-electron chi connectivity index (χ0n) is 11.3. The van der Waals surface area contributed by atoms with Crippen LogP contribution in [-0.4, -0.2) is 23.5 Å². The van der Waals surface area contributed by atoms with E-state index in [2.05, 4.69) is 52.9 Å². The van der Waals surface area contributed by atoms with Gasteiger partial charge in [0.15, 0.2) is 0 Å². The van der Waals surface area contributed by atoms with Crippen LogP contribution in [0.1, 0.15) is 37.3 Å². The molecule has 1 heterocycles. The average Bonchev–Trinajstić information content (AvgIpc) is 2.36. The Bertz CT molecular complexity index is 405. The highest BCUT2D eigenvalue weighted by Gasteiger charge is 2.26. The molecule has 0 amide bonds. The Labute approximate surface area is 119 Å². The molecule has 1 fully saturated rings. The summed E-state index contributed by atoms with van der Waals surface area (Å²) < 4.78 is 1.19. The molecule has 2 unspecified atom stereocenters. The van der Waals surface area contributed by atoms with Gasteiger partial charge in [-0.3, -0.25) is 4.90 Å². The molecule has 2 nitrogen and oxygen atoms in total. The maximum absolute atomic E-state index is 5.91. The lowest BCUT2D eigenvalue weighted by molar-refractivity contribution is 0.0892. The summed E-state index contributed by atoms with van der Waals surface area (Å²) in [5.41, 5.74) is 8.61. The summed E-state index contributed by atoms with van der Waals surface area (Å²) in [6.45, 7) is 6.28. The van der Waals surface area contributed by atoms with E-state index in [1.54, 1.807) is 0 Å². The third kappa shape index (κ3) is 3.14. The third-order valence-corrected chi connectivity index (χ3v) is 4.94. The second-order valence-electron chi connectivity index (χ2n) is 5.43. The molecular formula is C15H23BrN2. The van der Waals surface area contributed by atoms with E-state index >= 15 is 0 Å². The van der Waals surface area contributed by atoms with Crippen molar-refractivity contribution in [1.29, 1.82) is 0 Å². The van der Waals surface area contributed by atoms with E-state index in [4.69, 9.17) is 5.73 Å². The van der Waals surface area contributed by atoms with Gasteiger partial charge in [0.25, 0.3) is 0 Å². The molecule has 1 aromatic carbocycles. The maximum atomic E-state index is 5.91. The smallest absolute Gasteiger partial charge is 0.0240 e. The van der Waals surface area contributed by atoms with E-state index in [1.807, 2.05) is 0 Å². The molecule has 100 valence electrons. The molecule has 0 radical (unpaired) electrons. The predicted octanol–water partition coefficient (Wildman–Crippen LogP) is 3.46. The summed E-state index contributed by atoms with van der Waals surface area (Å²) in [6.07, 6.45) is 3.86. The second kappa shape index (κ2) is 6.18. The molecule has 2 atom stereocenters. The molecule has 1 saturated heterocycles. The van der Waals surface area contributed by atoms with Crippen molar-refractivity contribution in [2.75, 3.05) is 6.54 Å². The topological polar surface area (TPSA) is 29.3 Å². The Balaban J connectivity index is 2.12. The minimum absolute atomic E-state index is 0.553. The van der Waals surface area contributed by atoms with Gasteiger partial charge in [-0.05, 0) is 43.9 Å². The minimum Gasteiger partial charge on any atom is -0.329 e. The molecule has 2 rings (SSSR count). The molecule has 1 aromatic rings. The lowest BCUT2D eigenvalue weighted by atomic mass is 9.95. The fourth-order valence-electron chi connectivity index (χ4n) is 2.89. The van der Waals surface area contributed by atoms with Crippen LogP contribution in [-0.2, 0) is 6.54 Å². The Morgan fingerprint density at radius 2 is 2.17 bits per heavy atom. The van der Waals surface area contributed by atoms with Crippen LogP contribution in [0.5, 0.6) is 0 Å². The van der Waals surface area contributed by atoms with Gasteiger partial charge in [0.2, 0.25) is 0 Å². The molecule has 1 aliphatic rings. The van der Waals surface area contributed by atoms with E-state index in [9.17, 15) is 0 Å². The first-order valence-corrected chi connectivity index (χ1v) is 7.62. The summed E-state index contributed by atoms with van der Waals surface area (Å²) >= 11 is 3.56. The average molecular weight is 311 g/mol. The van der Waals surface area contributed by atoms with Crippen molar-refractivity contribution in [1.82, 2.24) is 4.90 Å². The van der Waals surface area contributed by atoms with Gasteiger partial charge < -0.3 is 5.73 Å². The fraction of sp³-hybridized carbons (Fsp3) is 0.600. The minimum atomic E-state index is 0.553. The molecule has 0 bridgehead atoms. The Morgan fingerprint density at radius 3 is 2.83 bits per heavy atom. The van der Waals surface area contributed by atoms with Crippen molar-refractivity contribution in [3.05, 3.63) is 33.8 Å². The molecule has 0 saturated carbocycles. The van der Waals surface area contributed by atoms with Crippen LogP contribution in [0, 0.1) is 6.92 Å². The number of hydrogen-bond donors (Lipinski definition) is 1. The lowest BCUT2D eigenvalue weighted by Crippen LogP contribution is -2.48. The van der Waals surface area contributed by atoms with Crippen LogP contribution < -0.4 is 5.73 Å². The largest absolute Gasteiger partial charge is 0.329 e. The number of aryl methyl sites for hydroxylation is 1. The van der Waals surface area contributed by atoms with Crippen molar-refractivity contribution >= 4 is 15.9 Å². The van der Waals surface area contributed by atoms with Crippen molar-refractivity contribution < 1.29 is 0 Å². The standard InChI is InChI=1S/C15H23BrN2/c1-11-8-13(6-7-15(11)16)10-18-12(2)4-3-5-14(18)9-17/h6-8,12,14H,3-5,9-10,17H2,1-2H3. The first-order chi connectivity index (χ1) is 8.61. The van der Waals surface area contributed by atoms with E-state index in [0.29, 0.717) is 12.1 Å². The van der Waals surface area contributed by atoms with Crippen molar-refractivity contribution in [3.8, 4) is 0 Å². The van der Waals surface area contributed by atoms with Gasteiger partial charge in [-0.15, -0.1) is 0 Å². The number of benzene rings is 1. The Morgan fingerprint density at radius 1 is 1.39 bits per heavy atom. The van der Waals surface area contributed by atoms with Gasteiger partial charge in [0.05, 0.1) is 0 Å². The third-order valence-electron chi connectivity index (χ3n) is 4.05. The van der Waals surface area contributed by atoms with E-state index in [-0.39, 0.29) is 0 Å². The summed E-state index contributed by atoms with van der Waals surface area (Å²) in [4.78, 5) is 2.58. The molecule has 2 N–H and O–H groups in total. The van der Waals surface area contributed by atoms with Crippen molar-refractivity contribution in [3.63, 3.8) is 0 Å². The predicted molar refractivity (Wildman–Crippen MR) is 80.6 cm³/mol. The van der Waals surface area contributed by atoms with Crippen LogP contribution in [0.4, 0.5) is 0 Å². The Kier molecular flexibility index (Phi) is 4.82. The number of hydrogen-bond acceptors (Lipinski definition) is 2. The van der Waals surface area contributed by atoms with Crippen LogP contribution in [0.2, 0.25) is 0 Å². The lowest BCUT2D eigenvalue weighted by Gasteiger charge is -2.40. The van der Waals surface area contributed by atoms with Gasteiger partial charge in [-0.1, -0.05) is 34.5 Å². The van der Waals surface area contributed by atoms with Crippen LogP contribution >= 0.6 is 15.9 Å².